The number of benzene rings is 1. The number of nitrogens with zero attached hydrogens (tertiary/aromatic N) is 3. The predicted octanol–water partition coefficient (Wildman–Crippen LogP) is 4.44. The number of hydrogen-bond acceptors (Lipinski definition) is 4. The van der Waals surface area contributed by atoms with Gasteiger partial charge < -0.3 is 5.32 Å². The van der Waals surface area contributed by atoms with Gasteiger partial charge in [0.1, 0.15) is 0 Å². The van der Waals surface area contributed by atoms with Crippen LogP contribution in [0.1, 0.15) is 55.5 Å². The lowest BCUT2D eigenvalue weighted by molar-refractivity contribution is -0.146. The molecule has 4 aliphatic carbocycles. The highest BCUT2D eigenvalue weighted by molar-refractivity contribution is 7.98. The first-order valence-electron chi connectivity index (χ1n) is 10.8. The molecule has 0 spiro atoms. The molecule has 0 saturated heterocycles. The molecule has 0 radical (unpaired) electrons. The summed E-state index contributed by atoms with van der Waals surface area (Å²) in [5.74, 6) is 3.37. The molecule has 5 nitrogen and oxygen atoms in total. The minimum atomic E-state index is -0.124. The second kappa shape index (κ2) is 7.15. The second-order valence-electron chi connectivity index (χ2n) is 9.54. The highest BCUT2D eigenvalue weighted by Gasteiger charge is 2.54. The van der Waals surface area contributed by atoms with Crippen molar-refractivity contribution in [3.05, 3.63) is 35.2 Å². The van der Waals surface area contributed by atoms with E-state index in [4.69, 9.17) is 0 Å². The number of nitrogens with one attached hydrogen (secondary N) is 1. The summed E-state index contributed by atoms with van der Waals surface area (Å²) in [6.45, 7) is 4.69. The quantitative estimate of drug-likeness (QED) is 0.741. The molecule has 154 valence electrons. The predicted molar refractivity (Wildman–Crippen MR) is 115 cm³/mol. The lowest BCUT2D eigenvalue weighted by atomic mass is 9.49. The van der Waals surface area contributed by atoms with Gasteiger partial charge in [-0.05, 0) is 93.6 Å². The molecule has 1 heterocycles. The molecule has 2 aromatic rings. The third kappa shape index (κ3) is 3.20. The molecule has 1 aromatic heterocycles. The maximum absolute atomic E-state index is 13.3. The average molecular weight is 411 g/mol. The number of aromatic nitrogens is 3. The first-order valence-corrected chi connectivity index (χ1v) is 12.0. The third-order valence-corrected chi connectivity index (χ3v) is 8.26. The Balaban J connectivity index is 1.39. The number of rotatable bonds is 5. The van der Waals surface area contributed by atoms with E-state index in [1.807, 2.05) is 6.26 Å². The number of aryl methyl sites for hydroxylation is 1. The van der Waals surface area contributed by atoms with Gasteiger partial charge >= 0.3 is 0 Å². The zero-order valence-corrected chi connectivity index (χ0v) is 18.4. The van der Waals surface area contributed by atoms with Crippen LogP contribution >= 0.6 is 11.8 Å². The fourth-order valence-corrected chi connectivity index (χ4v) is 7.01. The van der Waals surface area contributed by atoms with E-state index in [0.717, 1.165) is 53.7 Å². The maximum atomic E-state index is 13.3. The molecule has 1 aromatic carbocycles. The van der Waals surface area contributed by atoms with Gasteiger partial charge in [-0.3, -0.25) is 9.36 Å². The van der Waals surface area contributed by atoms with E-state index in [2.05, 4.69) is 52.1 Å². The molecule has 0 aliphatic heterocycles. The van der Waals surface area contributed by atoms with Crippen molar-refractivity contribution in [2.45, 2.75) is 64.1 Å². The highest BCUT2D eigenvalue weighted by Crippen LogP contribution is 2.60. The molecule has 1 N–H and O–H groups in total. The van der Waals surface area contributed by atoms with Crippen LogP contribution in [0.3, 0.4) is 0 Å². The number of thioether (sulfide) groups is 1. The van der Waals surface area contributed by atoms with Crippen LogP contribution in [-0.4, -0.2) is 26.9 Å². The van der Waals surface area contributed by atoms with Crippen LogP contribution < -0.4 is 5.32 Å². The summed E-state index contributed by atoms with van der Waals surface area (Å²) in [7, 11) is 0. The molecule has 0 unspecified atom stereocenters. The first kappa shape index (κ1) is 19.2. The molecule has 4 saturated carbocycles. The number of hydrogen-bond donors (Lipinski definition) is 1. The van der Waals surface area contributed by atoms with Crippen molar-refractivity contribution in [3.63, 3.8) is 0 Å². The second-order valence-corrected chi connectivity index (χ2v) is 10.3. The Morgan fingerprint density at radius 1 is 1.14 bits per heavy atom. The zero-order chi connectivity index (χ0) is 20.2. The lowest BCUT2D eigenvalue weighted by Crippen LogP contribution is -2.53. The molecular weight excluding hydrogens is 380 g/mol. The SMILES string of the molecule is CSc1nnc(CNC(=O)C23CC4CC(CC(C4)C2)C3)n1-c1cccc(C)c1C. The van der Waals surface area contributed by atoms with Crippen LogP contribution in [0.2, 0.25) is 0 Å². The van der Waals surface area contributed by atoms with Gasteiger partial charge in [-0.1, -0.05) is 23.9 Å². The van der Waals surface area contributed by atoms with Crippen molar-refractivity contribution in [2.24, 2.45) is 23.2 Å². The van der Waals surface area contributed by atoms with Crippen LogP contribution in [-0.2, 0) is 11.3 Å². The number of amides is 1. The molecule has 4 bridgehead atoms. The van der Waals surface area contributed by atoms with Crippen molar-refractivity contribution in [1.29, 1.82) is 0 Å². The summed E-state index contributed by atoms with van der Waals surface area (Å²) in [5.41, 5.74) is 3.43. The van der Waals surface area contributed by atoms with Crippen molar-refractivity contribution in [3.8, 4) is 5.69 Å². The van der Waals surface area contributed by atoms with E-state index in [9.17, 15) is 4.79 Å². The molecule has 4 aliphatic rings. The topological polar surface area (TPSA) is 59.8 Å². The van der Waals surface area contributed by atoms with E-state index in [1.165, 1.54) is 30.4 Å². The van der Waals surface area contributed by atoms with E-state index in [-0.39, 0.29) is 11.3 Å². The van der Waals surface area contributed by atoms with Gasteiger partial charge in [0.25, 0.3) is 0 Å². The van der Waals surface area contributed by atoms with Crippen LogP contribution in [0, 0.1) is 37.0 Å². The Hall–Kier alpha value is -1.82. The Morgan fingerprint density at radius 2 is 1.79 bits per heavy atom. The monoisotopic (exact) mass is 410 g/mol. The fourth-order valence-electron chi connectivity index (χ4n) is 6.50. The zero-order valence-electron chi connectivity index (χ0n) is 17.6. The van der Waals surface area contributed by atoms with Crippen LogP contribution in [0.5, 0.6) is 0 Å². The minimum absolute atomic E-state index is 0.124. The van der Waals surface area contributed by atoms with Crippen LogP contribution in [0.4, 0.5) is 0 Å². The standard InChI is InChI=1S/C23H30N4OS/c1-14-5-4-6-19(15(14)2)27-20(25-26-22(27)29-3)13-24-21(28)23-10-16-7-17(11-23)9-18(8-16)12-23/h4-6,16-18H,7-13H2,1-3H3,(H,24,28). The number of carbonyl (C=O) groups excluding carboxylic acids is 1. The van der Waals surface area contributed by atoms with Crippen molar-refractivity contribution >= 4 is 17.7 Å². The Bertz CT molecular complexity index is 915. The largest absolute Gasteiger partial charge is 0.348 e. The first-order chi connectivity index (χ1) is 14.0. The van der Waals surface area contributed by atoms with Gasteiger partial charge in [-0.15, -0.1) is 10.2 Å². The Morgan fingerprint density at radius 3 is 2.41 bits per heavy atom. The summed E-state index contributed by atoms with van der Waals surface area (Å²) in [5, 5.41) is 12.9. The van der Waals surface area contributed by atoms with Gasteiger partial charge in [-0.2, -0.15) is 0 Å². The Kier molecular flexibility index (Phi) is 4.72. The third-order valence-electron chi connectivity index (χ3n) is 7.63. The average Bonchev–Trinajstić information content (AvgIpc) is 3.10. The molecule has 6 rings (SSSR count). The molecule has 6 heteroatoms. The minimum Gasteiger partial charge on any atom is -0.348 e. The van der Waals surface area contributed by atoms with Gasteiger partial charge in [0.2, 0.25) is 5.91 Å². The summed E-state index contributed by atoms with van der Waals surface area (Å²) in [4.78, 5) is 13.3. The van der Waals surface area contributed by atoms with Gasteiger partial charge in [0, 0.05) is 5.41 Å². The Labute approximate surface area is 177 Å². The van der Waals surface area contributed by atoms with Crippen LogP contribution in [0.25, 0.3) is 5.69 Å². The summed E-state index contributed by atoms with van der Waals surface area (Å²) in [6, 6.07) is 6.30. The normalized spacial score (nSPS) is 30.0. The van der Waals surface area contributed by atoms with E-state index < -0.39 is 0 Å². The summed E-state index contributed by atoms with van der Waals surface area (Å²) in [6.07, 6.45) is 9.34. The van der Waals surface area contributed by atoms with Gasteiger partial charge in [0.05, 0.1) is 12.2 Å². The van der Waals surface area contributed by atoms with Gasteiger partial charge in [0.15, 0.2) is 11.0 Å². The van der Waals surface area contributed by atoms with E-state index >= 15 is 0 Å². The smallest absolute Gasteiger partial charge is 0.226 e. The van der Waals surface area contributed by atoms with Crippen LogP contribution in [0.15, 0.2) is 23.4 Å². The maximum Gasteiger partial charge on any atom is 0.226 e. The summed E-state index contributed by atoms with van der Waals surface area (Å²) >= 11 is 1.58. The van der Waals surface area contributed by atoms with Crippen molar-refractivity contribution in [2.75, 3.05) is 6.26 Å². The van der Waals surface area contributed by atoms with E-state index in [0.29, 0.717) is 6.54 Å². The van der Waals surface area contributed by atoms with E-state index in [1.54, 1.807) is 11.8 Å². The van der Waals surface area contributed by atoms with Crippen molar-refractivity contribution < 1.29 is 4.79 Å². The number of carbonyl (C=O) groups is 1. The fraction of sp³-hybridized carbons (Fsp3) is 0.609. The van der Waals surface area contributed by atoms with Crippen molar-refractivity contribution in [1.82, 2.24) is 20.1 Å². The highest BCUT2D eigenvalue weighted by atomic mass is 32.2. The molecule has 1 amide bonds. The molecule has 29 heavy (non-hydrogen) atoms. The van der Waals surface area contributed by atoms with Gasteiger partial charge in [-0.25, -0.2) is 0 Å². The molecule has 4 fully saturated rings. The molecule has 0 atom stereocenters. The lowest BCUT2D eigenvalue weighted by Gasteiger charge is -2.55. The molecular formula is C23H30N4OS. The summed E-state index contributed by atoms with van der Waals surface area (Å²) < 4.78 is 2.10.